The monoisotopic (exact) mass is 305 g/mol. The number of carbonyl (C=O) groups excluding carboxylic acids is 1. The second kappa shape index (κ2) is 8.13. The quantitative estimate of drug-likeness (QED) is 0.416. The zero-order valence-electron chi connectivity index (χ0n) is 12.2. The van der Waals surface area contributed by atoms with Gasteiger partial charge in [-0.2, -0.15) is 0 Å². The van der Waals surface area contributed by atoms with Crippen molar-refractivity contribution in [1.82, 2.24) is 0 Å². The molecule has 1 saturated carbocycles. The molecule has 1 amide bonds. The number of unbranched alkanes of at least 4 members (excludes halogenated alkanes) is 3. The first-order valence-electron chi connectivity index (χ1n) is 7.54. The number of rotatable bonds is 9. The smallest absolute Gasteiger partial charge is 0.221 e. The van der Waals surface area contributed by atoms with Gasteiger partial charge in [-0.05, 0) is 56.2 Å². The van der Waals surface area contributed by atoms with E-state index in [1.807, 2.05) is 24.3 Å². The van der Waals surface area contributed by atoms with Crippen LogP contribution in [0.2, 0.25) is 0 Å². The summed E-state index contributed by atoms with van der Waals surface area (Å²) in [6, 6.07) is 7.76. The Hall–Kier alpha value is -1.42. The maximum Gasteiger partial charge on any atom is 0.221 e. The van der Waals surface area contributed by atoms with Crippen LogP contribution in [0.15, 0.2) is 41.3 Å². The second-order valence-corrected chi connectivity index (χ2v) is 6.05. The molecule has 1 aromatic carbocycles. The van der Waals surface area contributed by atoms with Crippen molar-refractivity contribution < 1.29 is 9.53 Å². The third-order valence-electron chi connectivity index (χ3n) is 3.69. The van der Waals surface area contributed by atoms with E-state index in [1.165, 1.54) is 0 Å². The number of nitrogens with two attached hydrogens (primary N) is 1. The SMILES string of the molecule is NC(=O)C1CC1/C=C/CCCCCOc1cccc(S)c1. The van der Waals surface area contributed by atoms with E-state index in [1.54, 1.807) is 0 Å². The van der Waals surface area contributed by atoms with Crippen LogP contribution in [0.1, 0.15) is 32.1 Å². The number of hydrogen-bond donors (Lipinski definition) is 2. The van der Waals surface area contributed by atoms with Crippen LogP contribution in [0.25, 0.3) is 0 Å². The molecule has 0 aromatic heterocycles. The molecule has 0 saturated heterocycles. The highest BCUT2D eigenvalue weighted by Crippen LogP contribution is 2.39. The Bertz CT molecular complexity index is 501. The molecule has 4 heteroatoms. The van der Waals surface area contributed by atoms with Gasteiger partial charge in [0.2, 0.25) is 5.91 Å². The molecule has 0 aliphatic heterocycles. The topological polar surface area (TPSA) is 52.3 Å². The molecule has 0 radical (unpaired) electrons. The van der Waals surface area contributed by atoms with Crippen molar-refractivity contribution in [3.8, 4) is 5.75 Å². The summed E-state index contributed by atoms with van der Waals surface area (Å²) in [5, 5.41) is 0. The first-order chi connectivity index (χ1) is 10.2. The molecule has 3 nitrogen and oxygen atoms in total. The number of ether oxygens (including phenoxy) is 1. The van der Waals surface area contributed by atoms with Gasteiger partial charge in [-0.25, -0.2) is 0 Å². The highest BCUT2D eigenvalue weighted by molar-refractivity contribution is 7.80. The number of hydrogen-bond acceptors (Lipinski definition) is 3. The molecule has 0 bridgehead atoms. The Kier molecular flexibility index (Phi) is 6.18. The van der Waals surface area contributed by atoms with Gasteiger partial charge in [-0.3, -0.25) is 4.79 Å². The third-order valence-corrected chi connectivity index (χ3v) is 3.97. The zero-order valence-corrected chi connectivity index (χ0v) is 13.1. The molecule has 2 N–H and O–H groups in total. The van der Waals surface area contributed by atoms with Crippen molar-refractivity contribution in [3.63, 3.8) is 0 Å². The Morgan fingerprint density at radius 2 is 2.24 bits per heavy atom. The Labute approximate surface area is 132 Å². The molecule has 2 unspecified atom stereocenters. The third kappa shape index (κ3) is 5.84. The summed E-state index contributed by atoms with van der Waals surface area (Å²) in [6.45, 7) is 0.743. The minimum Gasteiger partial charge on any atom is -0.494 e. The number of thiol groups is 1. The Morgan fingerprint density at radius 3 is 2.95 bits per heavy atom. The van der Waals surface area contributed by atoms with Gasteiger partial charge in [0.1, 0.15) is 5.75 Å². The molecule has 114 valence electrons. The van der Waals surface area contributed by atoms with Crippen LogP contribution in [0, 0.1) is 11.8 Å². The molecule has 21 heavy (non-hydrogen) atoms. The second-order valence-electron chi connectivity index (χ2n) is 5.53. The highest BCUT2D eigenvalue weighted by atomic mass is 32.1. The predicted octanol–water partition coefficient (Wildman–Crippen LogP) is 3.59. The van der Waals surface area contributed by atoms with Gasteiger partial charge in [-0.1, -0.05) is 18.2 Å². The average Bonchev–Trinajstić information content (AvgIpc) is 3.21. The van der Waals surface area contributed by atoms with Gasteiger partial charge in [0.05, 0.1) is 6.61 Å². The van der Waals surface area contributed by atoms with Crippen molar-refractivity contribution in [2.45, 2.75) is 37.0 Å². The van der Waals surface area contributed by atoms with E-state index in [2.05, 4.69) is 24.8 Å². The maximum atomic E-state index is 10.9. The maximum absolute atomic E-state index is 10.9. The van der Waals surface area contributed by atoms with E-state index in [-0.39, 0.29) is 11.8 Å². The van der Waals surface area contributed by atoms with Crippen LogP contribution in [0.5, 0.6) is 5.75 Å². The standard InChI is InChI=1S/C17H23NO2S/c18-17(19)16-11-13(16)7-4-2-1-3-5-10-20-14-8-6-9-15(21)12-14/h4,6-9,12-13,16,21H,1-3,5,10-11H2,(H2,18,19)/b7-4+. The van der Waals surface area contributed by atoms with E-state index in [4.69, 9.17) is 10.5 Å². The van der Waals surface area contributed by atoms with Crippen LogP contribution in [-0.2, 0) is 4.79 Å². The molecule has 1 aliphatic rings. The van der Waals surface area contributed by atoms with Crippen LogP contribution >= 0.6 is 12.6 Å². The molecule has 0 spiro atoms. The summed E-state index contributed by atoms with van der Waals surface area (Å²) >= 11 is 4.28. The summed E-state index contributed by atoms with van der Waals surface area (Å²) < 4.78 is 5.66. The number of allylic oxidation sites excluding steroid dienone is 2. The molecule has 2 rings (SSSR count). The van der Waals surface area contributed by atoms with E-state index in [0.717, 1.165) is 49.4 Å². The van der Waals surface area contributed by atoms with E-state index in [9.17, 15) is 4.79 Å². The fourth-order valence-electron chi connectivity index (χ4n) is 2.33. The number of carbonyl (C=O) groups is 1. The summed E-state index contributed by atoms with van der Waals surface area (Å²) in [4.78, 5) is 11.8. The van der Waals surface area contributed by atoms with Gasteiger partial charge in [0.25, 0.3) is 0 Å². The lowest BCUT2D eigenvalue weighted by atomic mass is 10.1. The molecule has 1 aromatic rings. The van der Waals surface area contributed by atoms with Gasteiger partial charge < -0.3 is 10.5 Å². The van der Waals surface area contributed by atoms with Crippen LogP contribution < -0.4 is 10.5 Å². The lowest BCUT2D eigenvalue weighted by Gasteiger charge is -2.06. The summed E-state index contributed by atoms with van der Waals surface area (Å²) in [5.41, 5.74) is 5.24. The lowest BCUT2D eigenvalue weighted by molar-refractivity contribution is -0.119. The van der Waals surface area contributed by atoms with Crippen molar-refractivity contribution in [3.05, 3.63) is 36.4 Å². The lowest BCUT2D eigenvalue weighted by Crippen LogP contribution is -2.13. The van der Waals surface area contributed by atoms with Crippen molar-refractivity contribution >= 4 is 18.5 Å². The normalized spacial score (nSPS) is 20.6. The van der Waals surface area contributed by atoms with Gasteiger partial charge >= 0.3 is 0 Å². The van der Waals surface area contributed by atoms with Crippen molar-refractivity contribution in [2.24, 2.45) is 17.6 Å². The summed E-state index contributed by atoms with van der Waals surface area (Å²) in [6.07, 6.45) is 9.67. The molecule has 1 fully saturated rings. The van der Waals surface area contributed by atoms with Gasteiger partial charge in [0.15, 0.2) is 0 Å². The fourth-order valence-corrected chi connectivity index (χ4v) is 2.54. The average molecular weight is 305 g/mol. The van der Waals surface area contributed by atoms with Crippen molar-refractivity contribution in [1.29, 1.82) is 0 Å². The van der Waals surface area contributed by atoms with Crippen molar-refractivity contribution in [2.75, 3.05) is 6.61 Å². The summed E-state index contributed by atoms with van der Waals surface area (Å²) in [5.74, 6) is 1.22. The van der Waals surface area contributed by atoms with Crippen LogP contribution in [0.4, 0.5) is 0 Å². The van der Waals surface area contributed by atoms with E-state index >= 15 is 0 Å². The van der Waals surface area contributed by atoms with E-state index < -0.39 is 0 Å². The van der Waals surface area contributed by atoms with E-state index in [0.29, 0.717) is 5.92 Å². The number of primary amides is 1. The fraction of sp³-hybridized carbons (Fsp3) is 0.471. The largest absolute Gasteiger partial charge is 0.494 e. The van der Waals surface area contributed by atoms with Crippen LogP contribution in [-0.4, -0.2) is 12.5 Å². The molecule has 1 aliphatic carbocycles. The molecular weight excluding hydrogens is 282 g/mol. The first-order valence-corrected chi connectivity index (χ1v) is 7.99. The molecule has 0 heterocycles. The summed E-state index contributed by atoms with van der Waals surface area (Å²) in [7, 11) is 0. The molecule has 2 atom stereocenters. The minimum atomic E-state index is -0.160. The minimum absolute atomic E-state index is 0.0947. The number of benzene rings is 1. The Balaban J connectivity index is 1.47. The van der Waals surface area contributed by atoms with Gasteiger partial charge in [-0.15, -0.1) is 12.6 Å². The van der Waals surface area contributed by atoms with Gasteiger partial charge in [0, 0.05) is 10.8 Å². The predicted molar refractivity (Wildman–Crippen MR) is 87.6 cm³/mol. The zero-order chi connectivity index (χ0) is 15.1. The number of amides is 1. The Morgan fingerprint density at radius 1 is 1.38 bits per heavy atom. The molecular formula is C17H23NO2S. The highest BCUT2D eigenvalue weighted by Gasteiger charge is 2.39. The van der Waals surface area contributed by atoms with Crippen LogP contribution in [0.3, 0.4) is 0 Å². The first kappa shape index (κ1) is 16.0.